The number of Topliss-reactive ketones (excluding diaryl/α,β-unsaturated/α-hetero) is 1. The van der Waals surface area contributed by atoms with Crippen LogP contribution in [0, 0.1) is 5.92 Å². The Bertz CT molecular complexity index is 440. The van der Waals surface area contributed by atoms with Crippen LogP contribution in [0.15, 0.2) is 0 Å². The molecule has 0 radical (unpaired) electrons. The van der Waals surface area contributed by atoms with E-state index in [1.165, 1.54) is 7.11 Å². The molecule has 22 heavy (non-hydrogen) atoms. The van der Waals surface area contributed by atoms with Gasteiger partial charge in [0.1, 0.15) is 11.4 Å². The van der Waals surface area contributed by atoms with Crippen LogP contribution in [0.25, 0.3) is 0 Å². The molecule has 3 atom stereocenters. The maximum atomic E-state index is 12.6. The van der Waals surface area contributed by atoms with Crippen LogP contribution in [-0.2, 0) is 19.1 Å². The van der Waals surface area contributed by atoms with Crippen LogP contribution in [0.5, 0.6) is 0 Å². The molecule has 1 heterocycles. The number of rotatable bonds is 3. The number of ketones is 1. The van der Waals surface area contributed by atoms with Gasteiger partial charge in [-0.25, -0.2) is 4.79 Å². The van der Waals surface area contributed by atoms with Crippen molar-refractivity contribution in [2.24, 2.45) is 5.92 Å². The molecule has 1 saturated heterocycles. The minimum atomic E-state index is -0.629. The summed E-state index contributed by atoms with van der Waals surface area (Å²) in [5, 5.41) is 0. The number of esters is 1. The summed E-state index contributed by atoms with van der Waals surface area (Å²) in [5.74, 6) is -0.773. The van der Waals surface area contributed by atoms with Crippen molar-refractivity contribution in [1.29, 1.82) is 0 Å². The van der Waals surface area contributed by atoms with E-state index in [9.17, 15) is 14.4 Å². The number of ether oxygens (including phenoxy) is 2. The van der Waals surface area contributed by atoms with Gasteiger partial charge in [0.25, 0.3) is 0 Å². The number of nitrogens with zero attached hydrogens (tertiary/aromatic N) is 1. The topological polar surface area (TPSA) is 72.9 Å². The van der Waals surface area contributed by atoms with Crippen LogP contribution in [0.4, 0.5) is 4.79 Å². The fraction of sp³-hybridized carbons (Fsp3) is 0.812. The van der Waals surface area contributed by atoms with Crippen molar-refractivity contribution in [1.82, 2.24) is 4.90 Å². The van der Waals surface area contributed by atoms with Crippen molar-refractivity contribution < 1.29 is 23.9 Å². The normalized spacial score (nSPS) is 25.8. The van der Waals surface area contributed by atoms with Gasteiger partial charge in [-0.2, -0.15) is 0 Å². The summed E-state index contributed by atoms with van der Waals surface area (Å²) < 4.78 is 10.2. The van der Waals surface area contributed by atoms with Gasteiger partial charge in [0, 0.05) is 18.4 Å². The molecule has 6 heteroatoms. The van der Waals surface area contributed by atoms with Gasteiger partial charge in [0.05, 0.1) is 19.6 Å². The van der Waals surface area contributed by atoms with Crippen molar-refractivity contribution >= 4 is 17.8 Å². The Morgan fingerprint density at radius 3 is 2.36 bits per heavy atom. The Kier molecular flexibility index (Phi) is 5.97. The highest BCUT2D eigenvalue weighted by Gasteiger charge is 2.44. The van der Waals surface area contributed by atoms with Crippen LogP contribution in [0.2, 0.25) is 0 Å². The third-order valence-electron chi connectivity index (χ3n) is 3.95. The summed E-state index contributed by atoms with van der Waals surface area (Å²) >= 11 is 0. The second-order valence-electron chi connectivity index (χ2n) is 6.76. The Balaban J connectivity index is 3.08. The van der Waals surface area contributed by atoms with Crippen LogP contribution in [-0.4, -0.2) is 47.5 Å². The molecule has 0 aromatic carbocycles. The number of likely N-dealkylation sites (tertiary alicyclic amines) is 1. The summed E-state index contributed by atoms with van der Waals surface area (Å²) in [4.78, 5) is 38.0. The Morgan fingerprint density at radius 2 is 1.91 bits per heavy atom. The van der Waals surface area contributed by atoms with Gasteiger partial charge in [-0.3, -0.25) is 9.59 Å². The summed E-state index contributed by atoms with van der Waals surface area (Å²) in [7, 11) is 1.30. The molecule has 0 bridgehead atoms. The monoisotopic (exact) mass is 313 g/mol. The number of hydrogen-bond acceptors (Lipinski definition) is 5. The maximum Gasteiger partial charge on any atom is 0.410 e. The summed E-state index contributed by atoms with van der Waals surface area (Å²) in [6.45, 7) is 9.04. The Labute approximate surface area is 132 Å². The summed E-state index contributed by atoms with van der Waals surface area (Å²) in [5.41, 5.74) is -0.629. The molecule has 1 aliphatic rings. The molecule has 0 aromatic rings. The van der Waals surface area contributed by atoms with Gasteiger partial charge in [-0.05, 0) is 27.2 Å². The number of carbonyl (C=O) groups excluding carboxylic acids is 3. The van der Waals surface area contributed by atoms with E-state index in [0.717, 1.165) is 0 Å². The van der Waals surface area contributed by atoms with Crippen LogP contribution >= 0.6 is 0 Å². The molecule has 1 rings (SSSR count). The first-order chi connectivity index (χ1) is 10.1. The fourth-order valence-corrected chi connectivity index (χ4v) is 2.71. The molecular weight excluding hydrogens is 286 g/mol. The van der Waals surface area contributed by atoms with E-state index in [1.54, 1.807) is 32.6 Å². The largest absolute Gasteiger partial charge is 0.469 e. The quantitative estimate of drug-likeness (QED) is 0.749. The lowest BCUT2D eigenvalue weighted by atomic mass is 9.83. The molecule has 0 N–H and O–H groups in total. The molecule has 2 unspecified atom stereocenters. The highest BCUT2D eigenvalue weighted by molar-refractivity contribution is 5.86. The number of carbonyl (C=O) groups is 3. The molecule has 1 aliphatic heterocycles. The van der Waals surface area contributed by atoms with Crippen molar-refractivity contribution in [3.05, 3.63) is 0 Å². The molecule has 0 aliphatic carbocycles. The van der Waals surface area contributed by atoms with Gasteiger partial charge < -0.3 is 14.4 Å². The van der Waals surface area contributed by atoms with E-state index >= 15 is 0 Å². The number of hydrogen-bond donors (Lipinski definition) is 0. The molecular formula is C16H27NO5. The van der Waals surface area contributed by atoms with Crippen LogP contribution in [0.1, 0.15) is 53.9 Å². The van der Waals surface area contributed by atoms with Gasteiger partial charge in [0.15, 0.2) is 0 Å². The van der Waals surface area contributed by atoms with E-state index in [-0.39, 0.29) is 18.2 Å². The van der Waals surface area contributed by atoms with E-state index in [1.807, 2.05) is 6.92 Å². The standard InChI is InChI=1S/C16H27NO5/c1-7-11-8-13(18)10(2)12(9-14(19)21-6)17(11)15(20)22-16(3,4)5/h10-12H,7-9H2,1-6H3/t10?,11?,12-/m0/s1. The van der Waals surface area contributed by atoms with Crippen LogP contribution in [0.3, 0.4) is 0 Å². The third kappa shape index (κ3) is 4.45. The molecule has 0 aromatic heterocycles. The minimum Gasteiger partial charge on any atom is -0.469 e. The smallest absolute Gasteiger partial charge is 0.410 e. The molecule has 126 valence electrons. The molecule has 1 fully saturated rings. The lowest BCUT2D eigenvalue weighted by Gasteiger charge is -2.44. The molecule has 1 amide bonds. The first kappa shape index (κ1) is 18.5. The van der Waals surface area contributed by atoms with Gasteiger partial charge in [0.2, 0.25) is 0 Å². The second kappa shape index (κ2) is 7.11. The maximum absolute atomic E-state index is 12.6. The first-order valence-corrected chi connectivity index (χ1v) is 7.71. The summed E-state index contributed by atoms with van der Waals surface area (Å²) in [6.07, 6.45) is 0.455. The van der Waals surface area contributed by atoms with Crippen molar-refractivity contribution in [2.45, 2.75) is 71.6 Å². The highest BCUT2D eigenvalue weighted by Crippen LogP contribution is 2.31. The summed E-state index contributed by atoms with van der Waals surface area (Å²) in [6, 6.07) is -0.762. The van der Waals surface area contributed by atoms with E-state index in [0.29, 0.717) is 12.8 Å². The zero-order valence-electron chi connectivity index (χ0n) is 14.3. The third-order valence-corrected chi connectivity index (χ3v) is 3.95. The van der Waals surface area contributed by atoms with Crippen molar-refractivity contribution in [3.63, 3.8) is 0 Å². The van der Waals surface area contributed by atoms with Crippen LogP contribution < -0.4 is 0 Å². The highest BCUT2D eigenvalue weighted by atomic mass is 16.6. The van der Waals surface area contributed by atoms with Gasteiger partial charge >= 0.3 is 12.1 Å². The number of methoxy groups -OCH3 is 1. The van der Waals surface area contributed by atoms with Crippen molar-refractivity contribution in [2.75, 3.05) is 7.11 Å². The predicted molar refractivity (Wildman–Crippen MR) is 81.4 cm³/mol. The van der Waals surface area contributed by atoms with E-state index in [2.05, 4.69) is 0 Å². The lowest BCUT2D eigenvalue weighted by Crippen LogP contribution is -2.57. The number of amides is 1. The van der Waals surface area contributed by atoms with Gasteiger partial charge in [-0.15, -0.1) is 0 Å². The fourth-order valence-electron chi connectivity index (χ4n) is 2.71. The zero-order chi connectivity index (χ0) is 17.1. The Morgan fingerprint density at radius 1 is 1.32 bits per heavy atom. The SMILES string of the molecule is CCC1CC(=O)C(C)[C@H](CC(=O)OC)N1C(=O)OC(C)(C)C. The minimum absolute atomic E-state index is 0.000844. The number of piperidine rings is 1. The van der Waals surface area contributed by atoms with E-state index in [4.69, 9.17) is 9.47 Å². The predicted octanol–water partition coefficient (Wildman–Crippen LogP) is 2.54. The second-order valence-corrected chi connectivity index (χ2v) is 6.76. The van der Waals surface area contributed by atoms with E-state index < -0.39 is 29.6 Å². The molecule has 0 saturated carbocycles. The molecule has 0 spiro atoms. The zero-order valence-corrected chi connectivity index (χ0v) is 14.3. The molecule has 6 nitrogen and oxygen atoms in total. The van der Waals surface area contributed by atoms with Gasteiger partial charge in [-0.1, -0.05) is 13.8 Å². The lowest BCUT2D eigenvalue weighted by molar-refractivity contribution is -0.144. The Hall–Kier alpha value is -1.59. The van der Waals surface area contributed by atoms with Crippen molar-refractivity contribution in [3.8, 4) is 0 Å². The average Bonchev–Trinajstić information content (AvgIpc) is 2.41. The average molecular weight is 313 g/mol. The first-order valence-electron chi connectivity index (χ1n) is 7.71.